The van der Waals surface area contributed by atoms with Crippen molar-refractivity contribution in [2.24, 2.45) is 0 Å². The van der Waals surface area contributed by atoms with Crippen LogP contribution in [-0.4, -0.2) is 23.1 Å². The third kappa shape index (κ3) is 2.27. The van der Waals surface area contributed by atoms with Crippen LogP contribution in [0.15, 0.2) is 42.6 Å². The van der Waals surface area contributed by atoms with E-state index in [1.165, 1.54) is 0 Å². The van der Waals surface area contributed by atoms with Crippen molar-refractivity contribution in [3.63, 3.8) is 0 Å². The Morgan fingerprint density at radius 2 is 1.81 bits per heavy atom. The molecule has 2 heteroatoms. The van der Waals surface area contributed by atoms with Crippen molar-refractivity contribution in [3.8, 4) is 0 Å². The fraction of sp³-hybridized carbons (Fsp3) is 0.429. The fourth-order valence-electron chi connectivity index (χ4n) is 2.29. The highest BCUT2D eigenvalue weighted by Gasteiger charge is 2.32. The molecule has 1 N–H and O–H groups in total. The zero-order valence-corrected chi connectivity index (χ0v) is 9.76. The Balaban J connectivity index is 2.07. The maximum absolute atomic E-state index is 10.6. The average Bonchev–Trinajstić information content (AvgIpc) is 2.34. The molecular weight excluding hydrogens is 198 g/mol. The Kier molecular flexibility index (Phi) is 3.30. The molecule has 1 aliphatic heterocycles. The minimum atomic E-state index is -0.626. The van der Waals surface area contributed by atoms with Gasteiger partial charge in [-0.25, -0.2) is 0 Å². The van der Waals surface area contributed by atoms with Gasteiger partial charge in [-0.15, -0.1) is 0 Å². The zero-order valence-electron chi connectivity index (χ0n) is 9.76. The van der Waals surface area contributed by atoms with Gasteiger partial charge in [-0.1, -0.05) is 36.4 Å². The fourth-order valence-corrected chi connectivity index (χ4v) is 2.29. The van der Waals surface area contributed by atoms with Crippen molar-refractivity contribution in [2.75, 3.05) is 13.1 Å². The van der Waals surface area contributed by atoms with Gasteiger partial charge in [0.1, 0.15) is 0 Å². The standard InChI is InChI=1S/C14H19NO/c1-2-10-15-11-8-14(16,9-12-15)13-6-4-3-5-7-13/h2-7,10,16H,8-9,11-12H2,1H3/b10-2+. The van der Waals surface area contributed by atoms with Crippen LogP contribution in [0.2, 0.25) is 0 Å². The normalized spacial score (nSPS) is 20.2. The second-order valence-corrected chi connectivity index (χ2v) is 4.42. The first-order chi connectivity index (χ1) is 7.74. The van der Waals surface area contributed by atoms with Crippen LogP contribution in [0, 0.1) is 0 Å². The second-order valence-electron chi connectivity index (χ2n) is 4.42. The predicted molar refractivity (Wildman–Crippen MR) is 66.0 cm³/mol. The van der Waals surface area contributed by atoms with Gasteiger partial charge in [0, 0.05) is 13.1 Å². The molecule has 1 aliphatic rings. The monoisotopic (exact) mass is 217 g/mol. The van der Waals surface area contributed by atoms with Gasteiger partial charge in [0.25, 0.3) is 0 Å². The number of hydrogen-bond donors (Lipinski definition) is 1. The lowest BCUT2D eigenvalue weighted by Crippen LogP contribution is -2.40. The molecule has 0 spiro atoms. The van der Waals surface area contributed by atoms with Gasteiger partial charge >= 0.3 is 0 Å². The maximum atomic E-state index is 10.6. The Hall–Kier alpha value is -1.28. The number of piperidine rings is 1. The molecule has 0 unspecified atom stereocenters. The summed E-state index contributed by atoms with van der Waals surface area (Å²) in [7, 11) is 0. The maximum Gasteiger partial charge on any atom is 0.0930 e. The van der Waals surface area contributed by atoms with E-state index in [4.69, 9.17) is 0 Å². The van der Waals surface area contributed by atoms with Gasteiger partial charge in [0.2, 0.25) is 0 Å². The van der Waals surface area contributed by atoms with Crippen molar-refractivity contribution in [1.82, 2.24) is 4.90 Å². The summed E-state index contributed by atoms with van der Waals surface area (Å²) in [5, 5.41) is 10.6. The molecule has 2 nitrogen and oxygen atoms in total. The zero-order chi connectivity index (χ0) is 11.4. The average molecular weight is 217 g/mol. The molecular formula is C14H19NO. The van der Waals surface area contributed by atoms with Crippen LogP contribution in [0.5, 0.6) is 0 Å². The van der Waals surface area contributed by atoms with Gasteiger partial charge in [0.15, 0.2) is 0 Å². The molecule has 16 heavy (non-hydrogen) atoms. The first-order valence-corrected chi connectivity index (χ1v) is 5.89. The van der Waals surface area contributed by atoms with E-state index in [0.717, 1.165) is 31.5 Å². The van der Waals surface area contributed by atoms with Crippen LogP contribution in [0.25, 0.3) is 0 Å². The van der Waals surface area contributed by atoms with Gasteiger partial charge in [-0.05, 0) is 31.5 Å². The molecule has 86 valence electrons. The van der Waals surface area contributed by atoms with E-state index >= 15 is 0 Å². The highest BCUT2D eigenvalue weighted by Crippen LogP contribution is 2.32. The molecule has 1 aromatic rings. The van der Waals surface area contributed by atoms with Crippen molar-refractivity contribution >= 4 is 0 Å². The topological polar surface area (TPSA) is 23.5 Å². The van der Waals surface area contributed by atoms with Gasteiger partial charge in [-0.2, -0.15) is 0 Å². The first kappa shape index (κ1) is 11.2. The number of nitrogens with zero attached hydrogens (tertiary/aromatic N) is 1. The lowest BCUT2D eigenvalue weighted by atomic mass is 9.84. The largest absolute Gasteiger partial charge is 0.385 e. The van der Waals surface area contributed by atoms with Crippen molar-refractivity contribution in [1.29, 1.82) is 0 Å². The third-order valence-corrected chi connectivity index (χ3v) is 3.30. The molecule has 0 aromatic heterocycles. The molecule has 0 saturated carbocycles. The summed E-state index contributed by atoms with van der Waals surface area (Å²) in [5.74, 6) is 0. The van der Waals surface area contributed by atoms with E-state index in [9.17, 15) is 5.11 Å². The number of allylic oxidation sites excluding steroid dienone is 1. The summed E-state index contributed by atoms with van der Waals surface area (Å²) in [6.45, 7) is 3.88. The van der Waals surface area contributed by atoms with Crippen molar-refractivity contribution < 1.29 is 5.11 Å². The Labute approximate surface area is 97.2 Å². The van der Waals surface area contributed by atoms with E-state index < -0.39 is 5.60 Å². The minimum absolute atomic E-state index is 0.626. The van der Waals surface area contributed by atoms with Gasteiger partial charge < -0.3 is 10.0 Å². The molecule has 0 radical (unpaired) electrons. The Morgan fingerprint density at radius 1 is 1.19 bits per heavy atom. The minimum Gasteiger partial charge on any atom is -0.385 e. The van der Waals surface area contributed by atoms with E-state index in [1.807, 2.05) is 43.3 Å². The molecule has 0 atom stereocenters. The molecule has 0 bridgehead atoms. The number of rotatable bonds is 2. The number of aliphatic hydroxyl groups is 1. The van der Waals surface area contributed by atoms with E-state index in [2.05, 4.69) is 11.1 Å². The molecule has 1 fully saturated rings. The number of likely N-dealkylation sites (tertiary alicyclic amines) is 1. The summed E-state index contributed by atoms with van der Waals surface area (Å²) in [6.07, 6.45) is 5.76. The third-order valence-electron chi connectivity index (χ3n) is 3.30. The van der Waals surface area contributed by atoms with Crippen LogP contribution in [0.1, 0.15) is 25.3 Å². The second kappa shape index (κ2) is 4.71. The highest BCUT2D eigenvalue weighted by atomic mass is 16.3. The van der Waals surface area contributed by atoms with E-state index in [-0.39, 0.29) is 0 Å². The SMILES string of the molecule is C/C=C/N1CCC(O)(c2ccccc2)CC1. The predicted octanol–water partition coefficient (Wildman–Crippen LogP) is 2.50. The van der Waals surface area contributed by atoms with Crippen molar-refractivity contribution in [3.05, 3.63) is 48.2 Å². The Morgan fingerprint density at radius 3 is 2.38 bits per heavy atom. The lowest BCUT2D eigenvalue weighted by Gasteiger charge is -2.38. The molecule has 0 aliphatic carbocycles. The summed E-state index contributed by atoms with van der Waals surface area (Å²) in [5.41, 5.74) is 0.425. The molecule has 1 saturated heterocycles. The summed E-state index contributed by atoms with van der Waals surface area (Å²) in [4.78, 5) is 2.26. The summed E-state index contributed by atoms with van der Waals surface area (Å²) in [6, 6.07) is 10.0. The highest BCUT2D eigenvalue weighted by molar-refractivity contribution is 5.23. The lowest BCUT2D eigenvalue weighted by molar-refractivity contribution is -0.0161. The van der Waals surface area contributed by atoms with Gasteiger partial charge in [-0.3, -0.25) is 0 Å². The van der Waals surface area contributed by atoms with Crippen LogP contribution in [0.3, 0.4) is 0 Å². The van der Waals surface area contributed by atoms with Crippen LogP contribution >= 0.6 is 0 Å². The van der Waals surface area contributed by atoms with Crippen molar-refractivity contribution in [2.45, 2.75) is 25.4 Å². The van der Waals surface area contributed by atoms with E-state index in [1.54, 1.807) is 0 Å². The van der Waals surface area contributed by atoms with Crippen LogP contribution in [0.4, 0.5) is 0 Å². The van der Waals surface area contributed by atoms with E-state index in [0.29, 0.717) is 0 Å². The molecule has 1 aromatic carbocycles. The quantitative estimate of drug-likeness (QED) is 0.822. The first-order valence-electron chi connectivity index (χ1n) is 5.89. The summed E-state index contributed by atoms with van der Waals surface area (Å²) >= 11 is 0. The molecule has 2 rings (SSSR count). The van der Waals surface area contributed by atoms with Crippen LogP contribution < -0.4 is 0 Å². The summed E-state index contributed by atoms with van der Waals surface area (Å²) < 4.78 is 0. The van der Waals surface area contributed by atoms with Crippen LogP contribution in [-0.2, 0) is 5.60 Å². The smallest absolute Gasteiger partial charge is 0.0930 e. The number of benzene rings is 1. The molecule has 0 amide bonds. The molecule has 1 heterocycles. The Bertz CT molecular complexity index is 350. The number of hydrogen-bond acceptors (Lipinski definition) is 2. The van der Waals surface area contributed by atoms with Gasteiger partial charge in [0.05, 0.1) is 5.60 Å².